The lowest BCUT2D eigenvalue weighted by molar-refractivity contribution is 0.0798. The maximum Gasteiger partial charge on any atom is 0.266 e. The minimum Gasteiger partial charge on any atom is -0.397 e. The number of anilines is 1. The third kappa shape index (κ3) is 2.47. The molecule has 0 unspecified atom stereocenters. The van der Waals surface area contributed by atoms with Crippen molar-refractivity contribution >= 4 is 44.5 Å². The van der Waals surface area contributed by atoms with E-state index in [0.717, 1.165) is 54.7 Å². The molecule has 1 amide bonds. The molecule has 0 spiro atoms. The fourth-order valence-corrected chi connectivity index (χ4v) is 6.09. The average Bonchev–Trinajstić information content (AvgIpc) is 3.42. The number of carbonyl (C=O) groups is 1. The summed E-state index contributed by atoms with van der Waals surface area (Å²) in [6.45, 7) is 1.69. The molecule has 0 aromatic carbocycles. The molecule has 0 radical (unpaired) electrons. The Hall–Kier alpha value is -1.92. The second kappa shape index (κ2) is 6.35. The van der Waals surface area contributed by atoms with Gasteiger partial charge in [0.25, 0.3) is 5.91 Å². The molecule has 1 aliphatic heterocycles. The highest BCUT2D eigenvalue weighted by atomic mass is 32.1. The molecule has 26 heavy (non-hydrogen) atoms. The molecule has 1 aliphatic carbocycles. The van der Waals surface area contributed by atoms with Crippen molar-refractivity contribution in [3.63, 3.8) is 0 Å². The van der Waals surface area contributed by atoms with Crippen LogP contribution in [-0.2, 0) is 12.8 Å². The van der Waals surface area contributed by atoms with E-state index in [4.69, 9.17) is 10.7 Å². The Kier molecular flexibility index (Phi) is 3.98. The van der Waals surface area contributed by atoms with Crippen molar-refractivity contribution in [2.75, 3.05) is 18.8 Å². The summed E-state index contributed by atoms with van der Waals surface area (Å²) in [6, 6.07) is 4.22. The molecule has 134 valence electrons. The van der Waals surface area contributed by atoms with Crippen molar-refractivity contribution in [2.45, 2.75) is 38.5 Å². The minimum absolute atomic E-state index is 0.0882. The number of aromatic nitrogens is 1. The number of pyridine rings is 1. The Labute approximate surface area is 160 Å². The standard InChI is InChI=1S/C20H21N3OS2/c21-16-15-12-6-1-2-7-13(12)17(14-8-5-11-25-14)22-19(15)26-18(16)20(24)23-9-3-4-10-23/h5,8,11H,1-4,6-7,9-10,21H2. The number of hydrogen-bond donors (Lipinski definition) is 1. The van der Waals surface area contributed by atoms with Crippen LogP contribution < -0.4 is 5.73 Å². The van der Waals surface area contributed by atoms with Crippen LogP contribution in [0.15, 0.2) is 17.5 Å². The van der Waals surface area contributed by atoms with Crippen LogP contribution in [-0.4, -0.2) is 28.9 Å². The first-order chi connectivity index (χ1) is 12.7. The summed E-state index contributed by atoms with van der Waals surface area (Å²) in [5.41, 5.74) is 11.0. The number of rotatable bonds is 2. The highest BCUT2D eigenvalue weighted by Crippen LogP contribution is 2.43. The third-order valence-electron chi connectivity index (χ3n) is 5.54. The van der Waals surface area contributed by atoms with E-state index in [9.17, 15) is 4.79 Å². The molecule has 1 saturated heterocycles. The van der Waals surface area contributed by atoms with Crippen LogP contribution in [0, 0.1) is 0 Å². The van der Waals surface area contributed by atoms with E-state index >= 15 is 0 Å². The molecule has 0 bridgehead atoms. The Morgan fingerprint density at radius 3 is 2.62 bits per heavy atom. The molecule has 6 heteroatoms. The van der Waals surface area contributed by atoms with Crippen LogP contribution >= 0.6 is 22.7 Å². The van der Waals surface area contributed by atoms with Crippen molar-refractivity contribution < 1.29 is 4.79 Å². The van der Waals surface area contributed by atoms with Crippen LogP contribution in [0.25, 0.3) is 20.8 Å². The van der Waals surface area contributed by atoms with Gasteiger partial charge in [-0.3, -0.25) is 4.79 Å². The topological polar surface area (TPSA) is 59.2 Å². The summed E-state index contributed by atoms with van der Waals surface area (Å²) in [6.07, 6.45) is 6.64. The highest BCUT2D eigenvalue weighted by molar-refractivity contribution is 7.21. The second-order valence-electron chi connectivity index (χ2n) is 7.13. The summed E-state index contributed by atoms with van der Waals surface area (Å²) in [7, 11) is 0. The van der Waals surface area contributed by atoms with Crippen molar-refractivity contribution in [1.82, 2.24) is 9.88 Å². The van der Waals surface area contributed by atoms with Gasteiger partial charge in [-0.25, -0.2) is 4.98 Å². The van der Waals surface area contributed by atoms with Gasteiger partial charge in [-0.15, -0.1) is 22.7 Å². The summed E-state index contributed by atoms with van der Waals surface area (Å²) in [4.78, 5) is 22.7. The van der Waals surface area contributed by atoms with Crippen LogP contribution in [0.2, 0.25) is 0 Å². The van der Waals surface area contributed by atoms with Gasteiger partial charge in [0, 0.05) is 18.5 Å². The number of hydrogen-bond acceptors (Lipinski definition) is 5. The molecular formula is C20H21N3OS2. The van der Waals surface area contributed by atoms with Crippen LogP contribution in [0.5, 0.6) is 0 Å². The SMILES string of the molecule is Nc1c(C(=O)N2CCCC2)sc2nc(-c3cccs3)c3c(c12)CCCC3. The monoisotopic (exact) mass is 383 g/mol. The number of nitrogens with two attached hydrogens (primary N) is 1. The predicted octanol–water partition coefficient (Wildman–Crippen LogP) is 4.72. The van der Waals surface area contributed by atoms with Crippen molar-refractivity contribution in [3.8, 4) is 10.6 Å². The molecule has 2 aliphatic rings. The van der Waals surface area contributed by atoms with E-state index in [0.29, 0.717) is 10.6 Å². The fourth-order valence-electron chi connectivity index (χ4n) is 4.25. The van der Waals surface area contributed by atoms with Crippen molar-refractivity contribution in [2.24, 2.45) is 0 Å². The first-order valence-electron chi connectivity index (χ1n) is 9.31. The Morgan fingerprint density at radius 2 is 1.88 bits per heavy atom. The summed E-state index contributed by atoms with van der Waals surface area (Å²) in [5.74, 6) is 0.0882. The second-order valence-corrected chi connectivity index (χ2v) is 9.07. The molecule has 4 heterocycles. The van der Waals surface area contributed by atoms with E-state index in [1.807, 2.05) is 4.90 Å². The lowest BCUT2D eigenvalue weighted by Crippen LogP contribution is -2.27. The van der Waals surface area contributed by atoms with Gasteiger partial charge in [0.15, 0.2) is 0 Å². The van der Waals surface area contributed by atoms with Gasteiger partial charge in [-0.2, -0.15) is 0 Å². The van der Waals surface area contributed by atoms with Gasteiger partial charge in [0.05, 0.1) is 16.3 Å². The van der Waals surface area contributed by atoms with Gasteiger partial charge in [0.1, 0.15) is 9.71 Å². The Morgan fingerprint density at radius 1 is 1.12 bits per heavy atom. The van der Waals surface area contributed by atoms with Gasteiger partial charge in [0.2, 0.25) is 0 Å². The number of nitrogens with zero attached hydrogens (tertiary/aromatic N) is 2. The van der Waals surface area contributed by atoms with Gasteiger partial charge < -0.3 is 10.6 Å². The molecule has 3 aromatic heterocycles. The summed E-state index contributed by atoms with van der Waals surface area (Å²) < 4.78 is 0. The zero-order valence-electron chi connectivity index (χ0n) is 14.6. The maximum atomic E-state index is 12.9. The van der Waals surface area contributed by atoms with E-state index in [2.05, 4.69) is 17.5 Å². The number of carbonyl (C=O) groups excluding carboxylic acids is 1. The largest absolute Gasteiger partial charge is 0.397 e. The van der Waals surface area contributed by atoms with Gasteiger partial charge >= 0.3 is 0 Å². The number of nitrogen functional groups attached to an aromatic ring is 1. The van der Waals surface area contributed by atoms with Gasteiger partial charge in [-0.05, 0) is 61.1 Å². The van der Waals surface area contributed by atoms with Gasteiger partial charge in [-0.1, -0.05) is 6.07 Å². The van der Waals surface area contributed by atoms with E-state index in [1.165, 1.54) is 40.2 Å². The molecule has 3 aromatic rings. The lowest BCUT2D eigenvalue weighted by atomic mass is 9.88. The molecule has 5 rings (SSSR count). The maximum absolute atomic E-state index is 12.9. The zero-order valence-corrected chi connectivity index (χ0v) is 16.2. The lowest BCUT2D eigenvalue weighted by Gasteiger charge is -2.20. The number of aryl methyl sites for hydroxylation is 1. The number of fused-ring (bicyclic) bond motifs is 3. The van der Waals surface area contributed by atoms with Crippen molar-refractivity contribution in [3.05, 3.63) is 33.5 Å². The fraction of sp³-hybridized carbons (Fsp3) is 0.400. The smallest absolute Gasteiger partial charge is 0.266 e. The number of likely N-dealkylation sites (tertiary alicyclic amines) is 1. The normalized spacial score (nSPS) is 17.0. The zero-order chi connectivity index (χ0) is 17.7. The van der Waals surface area contributed by atoms with E-state index in [-0.39, 0.29) is 5.91 Å². The highest BCUT2D eigenvalue weighted by Gasteiger charge is 2.28. The molecule has 4 nitrogen and oxygen atoms in total. The quantitative estimate of drug-likeness (QED) is 0.696. The molecular weight excluding hydrogens is 362 g/mol. The number of amides is 1. The Balaban J connectivity index is 1.72. The predicted molar refractivity (Wildman–Crippen MR) is 109 cm³/mol. The molecule has 0 atom stereocenters. The average molecular weight is 384 g/mol. The summed E-state index contributed by atoms with van der Waals surface area (Å²) >= 11 is 3.21. The first kappa shape index (κ1) is 16.3. The van der Waals surface area contributed by atoms with E-state index in [1.54, 1.807) is 11.3 Å². The summed E-state index contributed by atoms with van der Waals surface area (Å²) in [5, 5.41) is 3.15. The van der Waals surface area contributed by atoms with Crippen LogP contribution in [0.4, 0.5) is 5.69 Å². The van der Waals surface area contributed by atoms with Crippen LogP contribution in [0.3, 0.4) is 0 Å². The minimum atomic E-state index is 0.0882. The van der Waals surface area contributed by atoms with Crippen LogP contribution in [0.1, 0.15) is 46.5 Å². The number of thiophene rings is 2. The van der Waals surface area contributed by atoms with Crippen molar-refractivity contribution in [1.29, 1.82) is 0 Å². The molecule has 0 saturated carbocycles. The third-order valence-corrected chi connectivity index (χ3v) is 7.50. The molecule has 1 fully saturated rings. The Bertz CT molecular complexity index is 985. The van der Waals surface area contributed by atoms with E-state index < -0.39 is 0 Å². The molecule has 2 N–H and O–H groups in total. The first-order valence-corrected chi connectivity index (χ1v) is 11.0.